The molecular weight excluding hydrogens is 503 g/mol. The molecule has 0 spiro atoms. The first-order valence-electron chi connectivity index (χ1n) is 13.0. The van der Waals surface area contributed by atoms with Gasteiger partial charge in [0, 0.05) is 36.5 Å². The highest BCUT2D eigenvalue weighted by Crippen LogP contribution is 2.42. The molecule has 1 heterocycles. The summed E-state index contributed by atoms with van der Waals surface area (Å²) in [5, 5.41) is 22.3. The maximum Gasteiger partial charge on any atom is 0.404 e. The van der Waals surface area contributed by atoms with E-state index in [2.05, 4.69) is 5.32 Å². The molecule has 2 aromatic carbocycles. The van der Waals surface area contributed by atoms with Crippen LogP contribution in [-0.2, 0) is 12.6 Å². The summed E-state index contributed by atoms with van der Waals surface area (Å²) in [6.45, 7) is 6.91. The van der Waals surface area contributed by atoms with Gasteiger partial charge in [-0.3, -0.25) is 4.79 Å². The molecule has 1 aromatic heterocycles. The molecular formula is C30H35FN2O6. The van der Waals surface area contributed by atoms with Crippen molar-refractivity contribution in [3.63, 3.8) is 0 Å². The van der Waals surface area contributed by atoms with Crippen LogP contribution in [0.15, 0.2) is 47.4 Å². The van der Waals surface area contributed by atoms with E-state index in [-0.39, 0.29) is 23.5 Å². The zero-order valence-electron chi connectivity index (χ0n) is 22.9. The van der Waals surface area contributed by atoms with Gasteiger partial charge < -0.3 is 29.6 Å². The number of hydrogen-bond donors (Lipinski definition) is 3. The van der Waals surface area contributed by atoms with Crippen molar-refractivity contribution in [2.45, 2.75) is 71.1 Å². The Morgan fingerprint density at radius 1 is 1.03 bits per heavy atom. The van der Waals surface area contributed by atoms with E-state index in [9.17, 15) is 19.1 Å². The third kappa shape index (κ3) is 6.60. The van der Waals surface area contributed by atoms with Gasteiger partial charge in [-0.2, -0.15) is 0 Å². The Kier molecular flexibility index (Phi) is 8.02. The van der Waals surface area contributed by atoms with Crippen molar-refractivity contribution >= 4 is 6.09 Å². The van der Waals surface area contributed by atoms with Crippen molar-refractivity contribution in [1.82, 2.24) is 9.88 Å². The summed E-state index contributed by atoms with van der Waals surface area (Å²) in [6, 6.07) is 9.45. The van der Waals surface area contributed by atoms with Gasteiger partial charge in [0.2, 0.25) is 0 Å². The van der Waals surface area contributed by atoms with Crippen molar-refractivity contribution in [2.24, 2.45) is 7.05 Å². The van der Waals surface area contributed by atoms with Crippen LogP contribution in [0.4, 0.5) is 9.18 Å². The molecule has 0 bridgehead atoms. The third-order valence-electron chi connectivity index (χ3n) is 7.10. The van der Waals surface area contributed by atoms with Crippen molar-refractivity contribution in [3.8, 4) is 28.4 Å². The first-order chi connectivity index (χ1) is 18.3. The predicted octanol–water partition coefficient (Wildman–Crippen LogP) is 5.79. The summed E-state index contributed by atoms with van der Waals surface area (Å²) in [6.07, 6.45) is 2.94. The SMILES string of the molecule is Cc1cc(F)cc(C)c1Oc1ccc(C(C)(C)O)cc1-c1cn(C)c(=O)cc1O[C@H]1CC[C@H](NC(=O)O)CC1. The minimum absolute atomic E-state index is 0.129. The second-order valence-corrected chi connectivity index (χ2v) is 10.8. The van der Waals surface area contributed by atoms with Gasteiger partial charge in [0.25, 0.3) is 5.56 Å². The molecule has 1 aliphatic carbocycles. The largest absolute Gasteiger partial charge is 0.490 e. The van der Waals surface area contributed by atoms with E-state index in [0.717, 1.165) is 0 Å². The Morgan fingerprint density at radius 3 is 2.26 bits per heavy atom. The number of halogens is 1. The Morgan fingerprint density at radius 2 is 1.67 bits per heavy atom. The molecule has 39 heavy (non-hydrogen) atoms. The standard InChI is InChI=1S/C30H35FN2O6/c1-17-12-20(31)13-18(2)28(17)39-25-11-6-19(30(3,4)37)14-23(25)24-16-33(5)27(34)15-26(24)38-22-9-7-21(8-10-22)32-29(35)36/h6,11-16,21-22,32,37H,7-10H2,1-5H3,(H,35,36)/t21-,22-. The van der Waals surface area contributed by atoms with E-state index in [1.54, 1.807) is 53.1 Å². The number of carbonyl (C=O) groups is 1. The molecule has 1 amide bonds. The van der Waals surface area contributed by atoms with Crippen LogP contribution in [0.3, 0.4) is 0 Å². The summed E-state index contributed by atoms with van der Waals surface area (Å²) < 4.78 is 28.1. The zero-order valence-corrected chi connectivity index (χ0v) is 22.9. The molecule has 0 saturated heterocycles. The van der Waals surface area contributed by atoms with Gasteiger partial charge in [-0.1, -0.05) is 6.07 Å². The number of aryl methyl sites for hydroxylation is 3. The third-order valence-corrected chi connectivity index (χ3v) is 7.10. The summed E-state index contributed by atoms with van der Waals surface area (Å²) in [7, 11) is 1.65. The minimum atomic E-state index is -1.15. The quantitative estimate of drug-likeness (QED) is 0.352. The molecule has 1 saturated carbocycles. The van der Waals surface area contributed by atoms with Gasteiger partial charge in [0.05, 0.1) is 11.7 Å². The first-order valence-corrected chi connectivity index (χ1v) is 13.0. The molecule has 9 heteroatoms. The van der Waals surface area contributed by atoms with Crippen molar-refractivity contribution in [1.29, 1.82) is 0 Å². The van der Waals surface area contributed by atoms with Crippen LogP contribution >= 0.6 is 0 Å². The van der Waals surface area contributed by atoms with Crippen molar-refractivity contribution in [3.05, 3.63) is 75.5 Å². The average Bonchev–Trinajstić information content (AvgIpc) is 2.84. The summed E-state index contributed by atoms with van der Waals surface area (Å²) in [5.41, 5.74) is 1.71. The fourth-order valence-electron chi connectivity index (χ4n) is 4.97. The number of aliphatic hydroxyl groups is 1. The fourth-order valence-corrected chi connectivity index (χ4v) is 4.97. The van der Waals surface area contributed by atoms with E-state index in [4.69, 9.17) is 14.6 Å². The molecule has 0 radical (unpaired) electrons. The number of pyridine rings is 1. The predicted molar refractivity (Wildman–Crippen MR) is 146 cm³/mol. The van der Waals surface area contributed by atoms with Gasteiger partial charge in [0.15, 0.2) is 0 Å². The Balaban J connectivity index is 1.77. The maximum atomic E-state index is 14.0. The monoisotopic (exact) mass is 538 g/mol. The van der Waals surface area contributed by atoms with Crippen LogP contribution in [0, 0.1) is 19.7 Å². The topological polar surface area (TPSA) is 110 Å². The lowest BCUT2D eigenvalue weighted by molar-refractivity contribution is 0.0786. The Hall–Kier alpha value is -3.85. The van der Waals surface area contributed by atoms with Gasteiger partial charge in [0.1, 0.15) is 23.1 Å². The Labute approximate surface area is 227 Å². The van der Waals surface area contributed by atoms with Gasteiger partial charge in [-0.15, -0.1) is 0 Å². The molecule has 208 valence electrons. The highest BCUT2D eigenvalue weighted by Gasteiger charge is 2.26. The lowest BCUT2D eigenvalue weighted by Crippen LogP contribution is -2.39. The van der Waals surface area contributed by atoms with E-state index in [1.165, 1.54) is 22.8 Å². The van der Waals surface area contributed by atoms with Crippen LogP contribution in [0.5, 0.6) is 17.2 Å². The molecule has 0 unspecified atom stereocenters. The highest BCUT2D eigenvalue weighted by molar-refractivity contribution is 5.76. The van der Waals surface area contributed by atoms with Crippen LogP contribution < -0.4 is 20.3 Å². The lowest BCUT2D eigenvalue weighted by atomic mass is 9.92. The van der Waals surface area contributed by atoms with Crippen LogP contribution in [-0.4, -0.2) is 33.0 Å². The van der Waals surface area contributed by atoms with E-state index >= 15 is 0 Å². The normalized spacial score (nSPS) is 17.5. The Bertz CT molecular complexity index is 1410. The first kappa shape index (κ1) is 28.2. The molecule has 8 nitrogen and oxygen atoms in total. The lowest BCUT2D eigenvalue weighted by Gasteiger charge is -2.29. The maximum absolute atomic E-state index is 14.0. The van der Waals surface area contributed by atoms with Crippen molar-refractivity contribution < 1.29 is 28.9 Å². The van der Waals surface area contributed by atoms with Crippen LogP contribution in [0.2, 0.25) is 0 Å². The minimum Gasteiger partial charge on any atom is -0.490 e. The molecule has 1 aliphatic rings. The second kappa shape index (κ2) is 11.1. The fraction of sp³-hybridized carbons (Fsp3) is 0.400. The molecule has 1 fully saturated rings. The molecule has 0 atom stereocenters. The van der Waals surface area contributed by atoms with E-state index in [0.29, 0.717) is 70.7 Å². The number of carboxylic acid groups (broad SMARTS) is 1. The molecule has 3 N–H and O–H groups in total. The van der Waals surface area contributed by atoms with E-state index < -0.39 is 11.7 Å². The number of ether oxygens (including phenoxy) is 2. The number of amides is 1. The number of rotatable bonds is 7. The summed E-state index contributed by atoms with van der Waals surface area (Å²) in [4.78, 5) is 23.7. The highest BCUT2D eigenvalue weighted by atomic mass is 19.1. The molecule has 3 aromatic rings. The number of nitrogens with zero attached hydrogens (tertiary/aromatic N) is 1. The van der Waals surface area contributed by atoms with Gasteiger partial charge in [-0.05, 0) is 94.3 Å². The van der Waals surface area contributed by atoms with E-state index in [1.807, 2.05) is 6.07 Å². The number of benzene rings is 2. The van der Waals surface area contributed by atoms with Crippen LogP contribution in [0.1, 0.15) is 56.2 Å². The molecule has 4 rings (SSSR count). The average molecular weight is 539 g/mol. The van der Waals surface area contributed by atoms with Gasteiger partial charge in [-0.25, -0.2) is 9.18 Å². The smallest absolute Gasteiger partial charge is 0.404 e. The number of aromatic nitrogens is 1. The second-order valence-electron chi connectivity index (χ2n) is 10.8. The molecule has 0 aliphatic heterocycles. The number of hydrogen-bond acceptors (Lipinski definition) is 5. The summed E-state index contributed by atoms with van der Waals surface area (Å²) >= 11 is 0. The van der Waals surface area contributed by atoms with Crippen molar-refractivity contribution in [2.75, 3.05) is 0 Å². The number of nitrogens with one attached hydrogen (secondary N) is 1. The zero-order chi connectivity index (χ0) is 28.5. The van der Waals surface area contributed by atoms with Gasteiger partial charge >= 0.3 is 6.09 Å². The summed E-state index contributed by atoms with van der Waals surface area (Å²) in [5.74, 6) is 0.999. The van der Waals surface area contributed by atoms with Crippen LogP contribution in [0.25, 0.3) is 11.1 Å².